The van der Waals surface area contributed by atoms with E-state index < -0.39 is 16.6 Å². The number of nitrogens with zero attached hydrogens (tertiary/aromatic N) is 6. The number of nitro benzene ring substituents is 1. The lowest BCUT2D eigenvalue weighted by Gasteiger charge is -2.22. The first-order valence-electron chi connectivity index (χ1n) is 14.1. The van der Waals surface area contributed by atoms with Crippen molar-refractivity contribution in [3.05, 3.63) is 134 Å². The molecule has 1 atom stereocenters. The zero-order valence-electron chi connectivity index (χ0n) is 24.4. The van der Waals surface area contributed by atoms with Gasteiger partial charge in [0.15, 0.2) is 11.0 Å². The molecular formula is C32H26FN7O4S2. The van der Waals surface area contributed by atoms with Gasteiger partial charge in [-0.3, -0.25) is 24.3 Å². The Morgan fingerprint density at radius 2 is 1.80 bits per heavy atom. The molecule has 11 nitrogen and oxygen atoms in total. The van der Waals surface area contributed by atoms with Crippen LogP contribution in [0.2, 0.25) is 0 Å². The molecular weight excluding hydrogens is 630 g/mol. The Morgan fingerprint density at radius 1 is 1.04 bits per heavy atom. The highest BCUT2D eigenvalue weighted by Crippen LogP contribution is 2.35. The van der Waals surface area contributed by atoms with Crippen molar-refractivity contribution < 1.29 is 18.9 Å². The molecule has 14 heteroatoms. The average Bonchev–Trinajstić information content (AvgIpc) is 3.83. The highest BCUT2D eigenvalue weighted by atomic mass is 32.2. The van der Waals surface area contributed by atoms with E-state index in [0.717, 1.165) is 33.5 Å². The second kappa shape index (κ2) is 13.4. The number of carbonyl (C=O) groups excluding carboxylic acids is 2. The number of non-ortho nitro benzene ring substituents is 1. The number of nitro groups is 1. The predicted octanol–water partition coefficient (Wildman–Crippen LogP) is 6.08. The molecule has 46 heavy (non-hydrogen) atoms. The normalized spacial score (nSPS) is 14.3. The molecule has 0 radical (unpaired) electrons. The van der Waals surface area contributed by atoms with E-state index in [0.29, 0.717) is 17.3 Å². The first-order valence-corrected chi connectivity index (χ1v) is 16.0. The van der Waals surface area contributed by atoms with Crippen molar-refractivity contribution in [3.63, 3.8) is 0 Å². The van der Waals surface area contributed by atoms with E-state index >= 15 is 0 Å². The van der Waals surface area contributed by atoms with Gasteiger partial charge >= 0.3 is 0 Å². The topological polar surface area (TPSA) is 136 Å². The van der Waals surface area contributed by atoms with E-state index in [2.05, 4.69) is 15.5 Å². The third kappa shape index (κ3) is 6.57. The van der Waals surface area contributed by atoms with Gasteiger partial charge in [-0.15, -0.1) is 21.5 Å². The summed E-state index contributed by atoms with van der Waals surface area (Å²) in [5.74, 6) is -1.30. The fourth-order valence-electron chi connectivity index (χ4n) is 4.96. The van der Waals surface area contributed by atoms with Gasteiger partial charge in [0.25, 0.3) is 17.5 Å². The summed E-state index contributed by atoms with van der Waals surface area (Å²) in [5.41, 5.74) is 3.17. The smallest absolute Gasteiger partial charge is 0.269 e. The molecule has 0 unspecified atom stereocenters. The monoisotopic (exact) mass is 655 g/mol. The van der Waals surface area contributed by atoms with Gasteiger partial charge in [0.1, 0.15) is 5.82 Å². The number of halogens is 1. The van der Waals surface area contributed by atoms with Gasteiger partial charge in [-0.05, 0) is 48.2 Å². The maximum absolute atomic E-state index is 14.2. The van der Waals surface area contributed by atoms with Crippen LogP contribution in [0.1, 0.15) is 44.6 Å². The van der Waals surface area contributed by atoms with Crippen LogP contribution < -0.4 is 5.32 Å². The summed E-state index contributed by atoms with van der Waals surface area (Å²) < 4.78 is 15.8. The Hall–Kier alpha value is -5.21. The van der Waals surface area contributed by atoms with Gasteiger partial charge in [-0.1, -0.05) is 59.8 Å². The predicted molar refractivity (Wildman–Crippen MR) is 173 cm³/mol. The third-order valence-corrected chi connectivity index (χ3v) is 9.14. The fraction of sp³-hybridized carbons (Fsp3) is 0.156. The number of thioether (sulfide) groups is 1. The highest BCUT2D eigenvalue weighted by molar-refractivity contribution is 7.99. The molecule has 3 aromatic carbocycles. The van der Waals surface area contributed by atoms with Crippen LogP contribution in [0.15, 0.2) is 101 Å². The van der Waals surface area contributed by atoms with Crippen molar-refractivity contribution in [2.75, 3.05) is 5.75 Å². The molecule has 1 N–H and O–H groups in total. The Balaban J connectivity index is 1.25. The van der Waals surface area contributed by atoms with Crippen LogP contribution in [0.5, 0.6) is 0 Å². The summed E-state index contributed by atoms with van der Waals surface area (Å²) in [7, 11) is 0. The molecule has 0 bridgehead atoms. The van der Waals surface area contributed by atoms with Gasteiger partial charge in [-0.25, -0.2) is 9.40 Å². The van der Waals surface area contributed by atoms with Crippen molar-refractivity contribution in [3.8, 4) is 5.69 Å². The van der Waals surface area contributed by atoms with Crippen LogP contribution in [0.4, 0.5) is 10.1 Å². The Kier molecular flexibility index (Phi) is 8.99. The van der Waals surface area contributed by atoms with Gasteiger partial charge in [0.05, 0.1) is 39.4 Å². The van der Waals surface area contributed by atoms with Crippen LogP contribution in [-0.2, 0) is 11.3 Å². The number of benzene rings is 3. The van der Waals surface area contributed by atoms with Crippen LogP contribution in [-0.4, -0.2) is 48.0 Å². The first kappa shape index (κ1) is 30.8. The molecule has 0 fully saturated rings. The van der Waals surface area contributed by atoms with Crippen LogP contribution >= 0.6 is 23.1 Å². The SMILES string of the molecule is Cc1ccc([C@H]2CC(c3cccs3)=NN2C(=O)CSc2nnc(CNC(=O)c3ccccc3F)n2-c2ccc([N+](=O)[O-])cc2)cc1. The molecule has 0 spiro atoms. The van der Waals surface area contributed by atoms with E-state index in [-0.39, 0.29) is 41.3 Å². The lowest BCUT2D eigenvalue weighted by atomic mass is 10.00. The average molecular weight is 656 g/mol. The number of rotatable bonds is 10. The minimum absolute atomic E-state index is 0.0315. The molecule has 0 saturated carbocycles. The quantitative estimate of drug-likeness (QED) is 0.109. The molecule has 2 aromatic heterocycles. The summed E-state index contributed by atoms with van der Waals surface area (Å²) in [6.07, 6.45) is 0.574. The number of aromatic nitrogens is 3. The van der Waals surface area contributed by atoms with Crippen molar-refractivity contribution >= 4 is 46.3 Å². The largest absolute Gasteiger partial charge is 0.345 e. The standard InChI is InChI=1S/C32H26FN7O4S2/c1-20-8-10-21(11-9-20)27-17-26(28-7-4-16-45-28)37-39(27)30(41)19-46-32-36-35-29(18-34-31(42)24-5-2-3-6-25(24)33)38(32)22-12-14-23(15-13-22)40(43)44/h2-16,27H,17-19H2,1H3,(H,34,42)/t27-/m1/s1. The molecule has 1 aliphatic heterocycles. The second-order valence-electron chi connectivity index (χ2n) is 10.4. The van der Waals surface area contributed by atoms with E-state index in [1.54, 1.807) is 22.0 Å². The second-order valence-corrected chi connectivity index (χ2v) is 12.2. The number of carbonyl (C=O) groups is 2. The number of aryl methyl sites for hydroxylation is 1. The van der Waals surface area contributed by atoms with E-state index in [1.165, 1.54) is 47.5 Å². The molecule has 0 aliphatic carbocycles. The number of hydrazone groups is 1. The third-order valence-electron chi connectivity index (χ3n) is 7.30. The summed E-state index contributed by atoms with van der Waals surface area (Å²) in [6.45, 7) is 1.88. The molecule has 0 saturated heterocycles. The van der Waals surface area contributed by atoms with Crippen LogP contribution in [0.25, 0.3) is 5.69 Å². The number of amides is 2. The minimum Gasteiger partial charge on any atom is -0.345 e. The Labute approximate surface area is 270 Å². The van der Waals surface area contributed by atoms with Crippen LogP contribution in [0.3, 0.4) is 0 Å². The maximum Gasteiger partial charge on any atom is 0.269 e. The molecule has 5 aromatic rings. The fourth-order valence-corrected chi connectivity index (χ4v) is 6.51. The highest BCUT2D eigenvalue weighted by Gasteiger charge is 2.33. The maximum atomic E-state index is 14.2. The van der Waals surface area contributed by atoms with Gasteiger partial charge in [0, 0.05) is 24.2 Å². The van der Waals surface area contributed by atoms with Gasteiger partial charge in [-0.2, -0.15) is 5.10 Å². The summed E-state index contributed by atoms with van der Waals surface area (Å²) in [6, 6.07) is 23.0. The molecule has 3 heterocycles. The van der Waals surface area contributed by atoms with Crippen molar-refractivity contribution in [1.82, 2.24) is 25.1 Å². The lowest BCUT2D eigenvalue weighted by Crippen LogP contribution is -2.28. The Bertz CT molecular complexity index is 1930. The molecule has 6 rings (SSSR count). The van der Waals surface area contributed by atoms with Crippen molar-refractivity contribution in [2.45, 2.75) is 31.1 Å². The minimum atomic E-state index is -0.664. The van der Waals surface area contributed by atoms with E-state index in [4.69, 9.17) is 5.10 Å². The first-order chi connectivity index (χ1) is 22.3. The zero-order valence-corrected chi connectivity index (χ0v) is 26.0. The molecule has 1 aliphatic rings. The van der Waals surface area contributed by atoms with Gasteiger partial charge in [0.2, 0.25) is 0 Å². The Morgan fingerprint density at radius 3 is 2.50 bits per heavy atom. The van der Waals surface area contributed by atoms with E-state index in [9.17, 15) is 24.1 Å². The summed E-state index contributed by atoms with van der Waals surface area (Å²) in [5, 5.41) is 31.0. The van der Waals surface area contributed by atoms with Crippen molar-refractivity contribution in [1.29, 1.82) is 0 Å². The number of hydrogen-bond donors (Lipinski definition) is 1. The number of thiophene rings is 1. The molecule has 232 valence electrons. The summed E-state index contributed by atoms with van der Waals surface area (Å²) >= 11 is 2.69. The lowest BCUT2D eigenvalue weighted by molar-refractivity contribution is -0.384. The number of nitrogens with one attached hydrogen (secondary N) is 1. The van der Waals surface area contributed by atoms with Gasteiger partial charge < -0.3 is 5.32 Å². The van der Waals surface area contributed by atoms with E-state index in [1.807, 2.05) is 48.7 Å². The summed E-state index contributed by atoms with van der Waals surface area (Å²) in [4.78, 5) is 38.2. The van der Waals surface area contributed by atoms with Crippen LogP contribution in [0, 0.1) is 22.9 Å². The number of hydrogen-bond acceptors (Lipinski definition) is 9. The zero-order chi connectivity index (χ0) is 32.2. The van der Waals surface area contributed by atoms with Crippen molar-refractivity contribution in [2.24, 2.45) is 5.10 Å². The molecule has 2 amide bonds.